The highest BCUT2D eigenvalue weighted by Crippen LogP contribution is 2.66. The summed E-state index contributed by atoms with van der Waals surface area (Å²) in [5, 5.41) is 35.7. The maximum Gasteiger partial charge on any atom is 0.329 e. The average molecular weight is 884 g/mol. The number of fused-ring (bicyclic) bond motifs is 3. The Balaban J connectivity index is 1.43. The van der Waals surface area contributed by atoms with Crippen molar-refractivity contribution in [1.82, 2.24) is 10.2 Å². The summed E-state index contributed by atoms with van der Waals surface area (Å²) >= 11 is 0. The normalized spacial score (nSPS) is 25.1. The van der Waals surface area contributed by atoms with E-state index in [9.17, 15) is 34.5 Å². The third kappa shape index (κ3) is 8.13. The summed E-state index contributed by atoms with van der Waals surface area (Å²) in [5.74, 6) is 0.0283. The van der Waals surface area contributed by atoms with Gasteiger partial charge in [0.25, 0.3) is 0 Å². The van der Waals surface area contributed by atoms with Crippen LogP contribution in [0.1, 0.15) is 98.4 Å². The first-order valence-electron chi connectivity index (χ1n) is 22.1. The predicted octanol–water partition coefficient (Wildman–Crippen LogP) is 6.15. The fourth-order valence-corrected chi connectivity index (χ4v) is 10.4. The van der Waals surface area contributed by atoms with E-state index in [1.165, 1.54) is 13.2 Å². The number of carbonyl (C=O) groups excluding carboxylic acids is 4. The van der Waals surface area contributed by atoms with Crippen molar-refractivity contribution in [1.29, 1.82) is 0 Å². The van der Waals surface area contributed by atoms with Crippen LogP contribution in [0.25, 0.3) is 0 Å². The van der Waals surface area contributed by atoms with Gasteiger partial charge in [-0.15, -0.1) is 0 Å². The molecule has 65 heavy (non-hydrogen) atoms. The summed E-state index contributed by atoms with van der Waals surface area (Å²) < 4.78 is 17.3. The monoisotopic (exact) mass is 883 g/mol. The number of aliphatic carboxylic acids is 1. The molecule has 14 nitrogen and oxygen atoms in total. The molecule has 0 radical (unpaired) electrons. The second kappa shape index (κ2) is 18.5. The van der Waals surface area contributed by atoms with Gasteiger partial charge < -0.3 is 34.8 Å². The molecule has 3 heterocycles. The molecule has 14 heteroatoms. The van der Waals surface area contributed by atoms with Gasteiger partial charge in [0.1, 0.15) is 47.5 Å². The van der Waals surface area contributed by atoms with E-state index >= 15 is 4.79 Å². The van der Waals surface area contributed by atoms with Crippen molar-refractivity contribution in [2.45, 2.75) is 93.7 Å². The molecule has 1 aliphatic carbocycles. The highest BCUT2D eigenvalue weighted by Gasteiger charge is 2.76. The summed E-state index contributed by atoms with van der Waals surface area (Å²) in [6.07, 6.45) is 3.47. The molecule has 8 rings (SSSR count). The van der Waals surface area contributed by atoms with E-state index < -0.39 is 83.0 Å². The Labute approximate surface area is 377 Å². The molecule has 2 saturated heterocycles. The van der Waals surface area contributed by atoms with E-state index in [2.05, 4.69) is 17.2 Å². The van der Waals surface area contributed by atoms with Gasteiger partial charge in [0, 0.05) is 5.56 Å². The molecular formula is C51H53N3O11. The Hall–Kier alpha value is -6.53. The van der Waals surface area contributed by atoms with Crippen LogP contribution in [0, 0.1) is 23.7 Å². The topological polar surface area (TPSA) is 192 Å². The molecule has 3 amide bonds. The average Bonchev–Trinajstić information content (AvgIpc) is 3.65. The Kier molecular flexibility index (Phi) is 12.8. The van der Waals surface area contributed by atoms with Gasteiger partial charge in [0.15, 0.2) is 0 Å². The Morgan fingerprint density at radius 2 is 1.52 bits per heavy atom. The number of hydrogen-bond acceptors (Lipinski definition) is 11. The maximum atomic E-state index is 16.2. The second-order valence-corrected chi connectivity index (χ2v) is 17.5. The summed E-state index contributed by atoms with van der Waals surface area (Å²) in [4.78, 5) is 76.0. The van der Waals surface area contributed by atoms with Crippen LogP contribution in [0.15, 0.2) is 103 Å². The molecule has 0 aromatic heterocycles. The van der Waals surface area contributed by atoms with Gasteiger partial charge in [0.05, 0.1) is 31.5 Å². The van der Waals surface area contributed by atoms with Crippen molar-refractivity contribution in [3.8, 4) is 17.6 Å². The number of imide groups is 1. The number of aliphatic hydroxyl groups is 2. The fraction of sp³-hybridized carbons (Fsp3) is 0.392. The van der Waals surface area contributed by atoms with Crippen LogP contribution >= 0.6 is 0 Å². The molecule has 1 spiro atoms. The first-order chi connectivity index (χ1) is 31.3. The number of carboxylic acids is 1. The summed E-state index contributed by atoms with van der Waals surface area (Å²) in [5.41, 5.74) is -1.44. The van der Waals surface area contributed by atoms with Crippen LogP contribution in [0.4, 0.5) is 10.5 Å². The molecule has 338 valence electrons. The summed E-state index contributed by atoms with van der Waals surface area (Å²) in [6.45, 7) is 3.03. The number of carbonyl (C=O) groups is 5. The maximum absolute atomic E-state index is 16.2. The fourth-order valence-electron chi connectivity index (χ4n) is 10.4. The first kappa shape index (κ1) is 45.1. The van der Waals surface area contributed by atoms with Crippen LogP contribution in [-0.2, 0) is 34.1 Å². The van der Waals surface area contributed by atoms with Crippen molar-refractivity contribution < 1.29 is 53.5 Å². The lowest BCUT2D eigenvalue weighted by Gasteiger charge is -2.46. The number of rotatable bonds is 10. The predicted molar refractivity (Wildman–Crippen MR) is 237 cm³/mol. The molecule has 0 bridgehead atoms. The lowest BCUT2D eigenvalue weighted by atomic mass is 9.65. The van der Waals surface area contributed by atoms with Crippen molar-refractivity contribution in [3.05, 3.63) is 131 Å². The molecule has 4 aromatic rings. The van der Waals surface area contributed by atoms with E-state index in [-0.39, 0.29) is 24.5 Å². The number of hydrogen-bond donors (Lipinski definition) is 4. The van der Waals surface area contributed by atoms with E-state index in [0.29, 0.717) is 40.8 Å². The smallest absolute Gasteiger partial charge is 0.329 e. The lowest BCUT2D eigenvalue weighted by Crippen LogP contribution is -2.56. The zero-order valence-electron chi connectivity index (χ0n) is 36.5. The van der Waals surface area contributed by atoms with Crippen LogP contribution in [0.3, 0.4) is 0 Å². The third-order valence-corrected chi connectivity index (χ3v) is 13.2. The molecule has 0 unspecified atom stereocenters. The molecule has 4 aromatic carbocycles. The van der Waals surface area contributed by atoms with Crippen LogP contribution in [0.2, 0.25) is 0 Å². The van der Waals surface area contributed by atoms with Crippen molar-refractivity contribution in [3.63, 3.8) is 0 Å². The van der Waals surface area contributed by atoms with E-state index in [4.69, 9.17) is 14.2 Å². The standard InChI is InChI=1S/C51H53N3O11/c1-31(2)40(46(58)63-3)52-49(61)53-38-22-21-32(23-26-50(62)24-12-4-5-13-25-50)29-37(38)51(48(53)60)39(45(56)57)42-47(59)65-43(34-17-10-7-11-18-34)41(33-15-8-6-9-16-33)54(42)44(51)35-19-14-20-36(30-35)64-28-27-55/h6-11,14-22,29-31,39-44,55,62H,4-5,12-13,24-25,27-28H2,1-3H3,(H,52,61)(H,56,57)/t39-,40+,41-,42-,43+,44+,51-/m1/s1. The van der Waals surface area contributed by atoms with Crippen molar-refractivity contribution in [2.24, 2.45) is 11.8 Å². The Bertz CT molecular complexity index is 2510. The number of nitrogens with one attached hydrogen (secondary N) is 1. The van der Waals surface area contributed by atoms with Crippen LogP contribution in [-0.4, -0.2) is 88.1 Å². The van der Waals surface area contributed by atoms with Gasteiger partial charge in [-0.05, 0) is 84.2 Å². The number of methoxy groups -OCH3 is 1. The molecule has 3 aliphatic heterocycles. The zero-order valence-corrected chi connectivity index (χ0v) is 36.5. The number of esters is 2. The quantitative estimate of drug-likeness (QED) is 0.0808. The van der Waals surface area contributed by atoms with Gasteiger partial charge in [-0.3, -0.25) is 19.3 Å². The SMILES string of the molecule is COC(=O)[C@@H](NC(=O)N1C(=O)[C@@]2(c3cc(C#CC4(O)CCCCCC4)ccc31)[C@H](c1cccc(OCCO)c1)N1[C@H](c3ccccc3)[C@H](c3ccccc3)OC(=O)[C@H]1[C@@H]2C(=O)O)C(C)C. The van der Waals surface area contributed by atoms with Crippen LogP contribution < -0.4 is 15.0 Å². The number of urea groups is 1. The van der Waals surface area contributed by atoms with E-state index in [1.807, 2.05) is 60.7 Å². The number of morpholine rings is 1. The van der Waals surface area contributed by atoms with Crippen LogP contribution in [0.5, 0.6) is 5.75 Å². The minimum atomic E-state index is -2.27. The second-order valence-electron chi connectivity index (χ2n) is 17.5. The highest BCUT2D eigenvalue weighted by molar-refractivity contribution is 6.24. The highest BCUT2D eigenvalue weighted by atomic mass is 16.6. The first-order valence-corrected chi connectivity index (χ1v) is 22.1. The molecule has 4 N–H and O–H groups in total. The molecule has 1 saturated carbocycles. The van der Waals surface area contributed by atoms with Gasteiger partial charge in [0.2, 0.25) is 5.91 Å². The summed E-state index contributed by atoms with van der Waals surface area (Å²) in [6, 6.07) is 23.6. The van der Waals surface area contributed by atoms with E-state index in [0.717, 1.165) is 30.6 Å². The molecule has 4 aliphatic rings. The van der Waals surface area contributed by atoms with Gasteiger partial charge >= 0.3 is 23.9 Å². The van der Waals surface area contributed by atoms with Gasteiger partial charge in [-0.2, -0.15) is 0 Å². The van der Waals surface area contributed by atoms with E-state index in [1.54, 1.807) is 55.1 Å². The lowest BCUT2D eigenvalue weighted by molar-refractivity contribution is -0.179. The largest absolute Gasteiger partial charge is 0.491 e. The number of amides is 3. The number of cyclic esters (lactones) is 1. The Morgan fingerprint density at radius 3 is 2.15 bits per heavy atom. The number of ether oxygens (including phenoxy) is 3. The minimum Gasteiger partial charge on any atom is -0.491 e. The van der Waals surface area contributed by atoms with Crippen molar-refractivity contribution >= 4 is 35.5 Å². The number of nitrogens with zero attached hydrogens (tertiary/aromatic N) is 2. The Morgan fingerprint density at radius 1 is 0.862 bits per heavy atom. The number of carboxylic acid groups (broad SMARTS) is 1. The van der Waals surface area contributed by atoms with Gasteiger partial charge in [-0.25, -0.2) is 14.5 Å². The minimum absolute atomic E-state index is 0.0200. The third-order valence-electron chi connectivity index (χ3n) is 13.2. The zero-order chi connectivity index (χ0) is 46.0. The van der Waals surface area contributed by atoms with Gasteiger partial charge in [-0.1, -0.05) is 111 Å². The number of anilines is 1. The summed E-state index contributed by atoms with van der Waals surface area (Å²) in [7, 11) is 1.18. The number of aliphatic hydroxyl groups excluding tert-OH is 1. The molecule has 7 atom stereocenters. The molecular weight excluding hydrogens is 831 g/mol. The number of benzene rings is 4. The van der Waals surface area contributed by atoms with Crippen molar-refractivity contribution in [2.75, 3.05) is 25.2 Å². The molecule has 3 fully saturated rings.